The fraction of sp³-hybridized carbons (Fsp3) is 0.797. The van der Waals surface area contributed by atoms with Crippen LogP contribution in [0.4, 0.5) is 0 Å². The molecule has 0 saturated heterocycles. The second-order valence-corrected chi connectivity index (χ2v) is 25.0. The van der Waals surface area contributed by atoms with Crippen LogP contribution in [0.25, 0.3) is 0 Å². The zero-order chi connectivity index (χ0) is 60.5. The summed E-state index contributed by atoms with van der Waals surface area (Å²) < 4.78 is 10.8. The van der Waals surface area contributed by atoms with Crippen molar-refractivity contribution in [3.8, 4) is 0 Å². The first-order valence-electron chi connectivity index (χ1n) is 37.1. The first-order chi connectivity index (χ1) is 41.6. The van der Waals surface area contributed by atoms with Gasteiger partial charge in [0.1, 0.15) is 6.61 Å². The van der Waals surface area contributed by atoms with E-state index in [-0.39, 0.29) is 25.2 Å². The summed E-state index contributed by atoms with van der Waals surface area (Å²) in [5.41, 5.74) is 0. The predicted molar refractivity (Wildman–Crippen MR) is 371 cm³/mol. The Bertz CT molecular complexity index is 1520. The van der Waals surface area contributed by atoms with E-state index in [0.717, 1.165) is 77.0 Å². The van der Waals surface area contributed by atoms with Crippen LogP contribution in [0.5, 0.6) is 0 Å². The Labute approximate surface area is 524 Å². The molecular weight excluding hydrogens is 1030 g/mol. The Morgan fingerprint density at radius 3 is 0.774 bits per heavy atom. The molecule has 0 heterocycles. The van der Waals surface area contributed by atoms with Crippen molar-refractivity contribution in [1.82, 2.24) is 0 Å². The molecule has 0 bridgehead atoms. The fourth-order valence-electron chi connectivity index (χ4n) is 11.1. The number of aliphatic hydroxyl groups excluding tert-OH is 1. The number of carbonyl (C=O) groups is 2. The van der Waals surface area contributed by atoms with E-state index in [1.165, 1.54) is 283 Å². The summed E-state index contributed by atoms with van der Waals surface area (Å²) in [4.78, 5) is 24.7. The standard InChI is InChI=1S/C79H142O5/c1-3-5-7-9-11-13-15-17-19-21-23-25-27-29-31-33-34-35-36-37-38-39-40-41-42-43-44-46-47-49-51-53-55-57-59-61-63-65-67-69-71-73-78(81)83-76-77(75-80)84-79(82)74-72-70-68-66-64-62-60-58-56-54-52-50-48-45-32-30-28-26-24-22-20-18-16-14-12-10-8-6-4-2/h6,8,12,14-15,17-18,20-21,23-24,26,30,32,77,80H,3-5,7,9-11,13,16,19,22,25,27-29,31,33-76H2,1-2H3/b8-6-,14-12-,17-15-,20-18-,23-21-,26-24-,32-30-. The van der Waals surface area contributed by atoms with E-state index in [2.05, 4.69) is 98.9 Å². The number of esters is 2. The second-order valence-electron chi connectivity index (χ2n) is 25.0. The lowest BCUT2D eigenvalue weighted by Gasteiger charge is -2.15. The van der Waals surface area contributed by atoms with Crippen LogP contribution >= 0.6 is 0 Å². The summed E-state index contributed by atoms with van der Waals surface area (Å²) in [6.07, 6.45) is 105. The normalized spacial score (nSPS) is 12.7. The van der Waals surface area contributed by atoms with Gasteiger partial charge in [0.2, 0.25) is 0 Å². The maximum absolute atomic E-state index is 12.4. The molecule has 0 aliphatic heterocycles. The van der Waals surface area contributed by atoms with Gasteiger partial charge < -0.3 is 14.6 Å². The molecule has 5 heteroatoms. The zero-order valence-electron chi connectivity index (χ0n) is 56.2. The lowest BCUT2D eigenvalue weighted by molar-refractivity contribution is -0.161. The van der Waals surface area contributed by atoms with E-state index in [1.807, 2.05) is 0 Å². The number of carbonyl (C=O) groups excluding carboxylic acids is 2. The summed E-state index contributed by atoms with van der Waals surface area (Å²) in [5.74, 6) is -0.576. The van der Waals surface area contributed by atoms with E-state index < -0.39 is 6.10 Å². The van der Waals surface area contributed by atoms with Crippen LogP contribution in [0.3, 0.4) is 0 Å². The molecule has 84 heavy (non-hydrogen) atoms. The molecule has 0 aromatic carbocycles. The van der Waals surface area contributed by atoms with Crippen molar-refractivity contribution in [3.05, 3.63) is 85.1 Å². The molecule has 0 rings (SSSR count). The van der Waals surface area contributed by atoms with Crippen LogP contribution in [-0.2, 0) is 19.1 Å². The number of hydrogen-bond donors (Lipinski definition) is 1. The molecule has 1 atom stereocenters. The van der Waals surface area contributed by atoms with Gasteiger partial charge in [0.05, 0.1) is 6.61 Å². The lowest BCUT2D eigenvalue weighted by Crippen LogP contribution is -2.28. The number of hydrogen-bond acceptors (Lipinski definition) is 5. The van der Waals surface area contributed by atoms with Crippen LogP contribution < -0.4 is 0 Å². The monoisotopic (exact) mass is 1170 g/mol. The Hall–Kier alpha value is -2.92. The summed E-state index contributed by atoms with van der Waals surface area (Å²) in [6.45, 7) is 4.06. The minimum absolute atomic E-state index is 0.0643. The van der Waals surface area contributed by atoms with Crippen molar-refractivity contribution in [2.24, 2.45) is 0 Å². The minimum Gasteiger partial charge on any atom is -0.462 e. The van der Waals surface area contributed by atoms with Crippen molar-refractivity contribution in [3.63, 3.8) is 0 Å². The smallest absolute Gasteiger partial charge is 0.306 e. The molecule has 488 valence electrons. The van der Waals surface area contributed by atoms with Crippen LogP contribution in [-0.4, -0.2) is 36.4 Å². The molecule has 0 aromatic rings. The van der Waals surface area contributed by atoms with Gasteiger partial charge in [-0.1, -0.05) is 369 Å². The quantitative estimate of drug-likeness (QED) is 0.0373. The van der Waals surface area contributed by atoms with Crippen LogP contribution in [0.2, 0.25) is 0 Å². The summed E-state index contributed by atoms with van der Waals surface area (Å²) in [6, 6.07) is 0. The molecule has 0 aliphatic rings. The van der Waals surface area contributed by atoms with Gasteiger partial charge in [-0.05, 0) is 89.9 Å². The third-order valence-electron chi connectivity index (χ3n) is 16.7. The van der Waals surface area contributed by atoms with Crippen LogP contribution in [0, 0.1) is 0 Å². The van der Waals surface area contributed by atoms with Gasteiger partial charge in [-0.25, -0.2) is 0 Å². The van der Waals surface area contributed by atoms with Crippen molar-refractivity contribution in [1.29, 1.82) is 0 Å². The SMILES string of the molecule is CC/C=C\C/C=C\C/C=C\C/C=C\C/C=C\CCCCCCCCCCCCCCCC(=O)OC(CO)COC(=O)CCCCCCCCCCCCCCCCCCCCCCCCCCCCCCC/C=C\C/C=C\CCCCCCC. The number of ether oxygens (including phenoxy) is 2. The number of unbranched alkanes of at least 4 members (excludes halogenated alkanes) is 47. The number of rotatable bonds is 69. The maximum Gasteiger partial charge on any atom is 0.306 e. The largest absolute Gasteiger partial charge is 0.462 e. The van der Waals surface area contributed by atoms with Gasteiger partial charge >= 0.3 is 11.9 Å². The summed E-state index contributed by atoms with van der Waals surface area (Å²) in [7, 11) is 0. The van der Waals surface area contributed by atoms with Crippen molar-refractivity contribution in [2.45, 2.75) is 392 Å². The molecule has 0 aromatic heterocycles. The highest BCUT2D eigenvalue weighted by molar-refractivity contribution is 5.70. The Morgan fingerprint density at radius 2 is 0.512 bits per heavy atom. The highest BCUT2D eigenvalue weighted by Crippen LogP contribution is 2.19. The highest BCUT2D eigenvalue weighted by Gasteiger charge is 2.16. The van der Waals surface area contributed by atoms with Gasteiger partial charge in [-0.2, -0.15) is 0 Å². The molecule has 0 saturated carbocycles. The Morgan fingerprint density at radius 1 is 0.286 bits per heavy atom. The molecule has 0 radical (unpaired) electrons. The molecule has 0 aliphatic carbocycles. The first kappa shape index (κ1) is 81.1. The molecule has 5 nitrogen and oxygen atoms in total. The molecule has 0 amide bonds. The maximum atomic E-state index is 12.4. The highest BCUT2D eigenvalue weighted by atomic mass is 16.6. The van der Waals surface area contributed by atoms with Crippen molar-refractivity contribution >= 4 is 11.9 Å². The third kappa shape index (κ3) is 71.6. The molecule has 1 N–H and O–H groups in total. The lowest BCUT2D eigenvalue weighted by atomic mass is 10.0. The van der Waals surface area contributed by atoms with Crippen LogP contribution in [0.15, 0.2) is 85.1 Å². The number of aliphatic hydroxyl groups is 1. The third-order valence-corrected chi connectivity index (χ3v) is 16.7. The molecule has 0 spiro atoms. The van der Waals surface area contributed by atoms with Gasteiger partial charge in [-0.15, -0.1) is 0 Å². The molecule has 1 unspecified atom stereocenters. The molecular formula is C79H142O5. The van der Waals surface area contributed by atoms with Gasteiger partial charge in [0, 0.05) is 12.8 Å². The summed E-state index contributed by atoms with van der Waals surface area (Å²) in [5, 5.41) is 9.71. The Balaban J connectivity index is 3.39. The molecule has 0 fully saturated rings. The number of allylic oxidation sites excluding steroid dienone is 14. The zero-order valence-corrected chi connectivity index (χ0v) is 56.2. The van der Waals surface area contributed by atoms with Gasteiger partial charge in [-0.3, -0.25) is 9.59 Å². The average molecular weight is 1170 g/mol. The topological polar surface area (TPSA) is 72.8 Å². The fourth-order valence-corrected chi connectivity index (χ4v) is 11.1. The summed E-state index contributed by atoms with van der Waals surface area (Å²) >= 11 is 0. The van der Waals surface area contributed by atoms with Crippen LogP contribution in [0.1, 0.15) is 386 Å². The van der Waals surface area contributed by atoms with E-state index >= 15 is 0 Å². The van der Waals surface area contributed by atoms with E-state index in [1.54, 1.807) is 0 Å². The van der Waals surface area contributed by atoms with Crippen molar-refractivity contribution < 1.29 is 24.2 Å². The predicted octanol–water partition coefficient (Wildman–Crippen LogP) is 26.0. The van der Waals surface area contributed by atoms with E-state index in [4.69, 9.17) is 9.47 Å². The average Bonchev–Trinajstić information content (AvgIpc) is 3.51. The second kappa shape index (κ2) is 74.3. The van der Waals surface area contributed by atoms with E-state index in [0.29, 0.717) is 12.8 Å². The van der Waals surface area contributed by atoms with Crippen molar-refractivity contribution in [2.75, 3.05) is 13.2 Å². The minimum atomic E-state index is -0.776. The Kier molecular flexibility index (Phi) is 71.7. The first-order valence-corrected chi connectivity index (χ1v) is 37.1. The van der Waals surface area contributed by atoms with E-state index in [9.17, 15) is 14.7 Å². The van der Waals surface area contributed by atoms with Gasteiger partial charge in [0.25, 0.3) is 0 Å². The van der Waals surface area contributed by atoms with Gasteiger partial charge in [0.15, 0.2) is 6.10 Å².